The Morgan fingerprint density at radius 3 is 1.79 bits per heavy atom. The third-order valence-electron chi connectivity index (χ3n) is 3.97. The normalized spacial score (nSPS) is 11.0. The molecule has 0 unspecified atom stereocenters. The summed E-state index contributed by atoms with van der Waals surface area (Å²) in [7, 11) is 4.64. The molecule has 0 aliphatic carbocycles. The number of methoxy groups -OCH3 is 2. The molecule has 0 aliphatic heterocycles. The van der Waals surface area contributed by atoms with Crippen LogP contribution in [0.1, 0.15) is 0 Å². The summed E-state index contributed by atoms with van der Waals surface area (Å²) in [6.45, 7) is 0. The molecule has 150 valence electrons. The van der Waals surface area contributed by atoms with E-state index in [0.717, 1.165) is 20.8 Å². The largest absolute Gasteiger partial charge is 0.481 e. The first-order valence-electron chi connectivity index (χ1n) is 8.30. The maximum absolute atomic E-state index is 11.1. The van der Waals surface area contributed by atoms with Crippen molar-refractivity contribution in [1.29, 1.82) is 0 Å². The molecule has 0 N–H and O–H groups in total. The van der Waals surface area contributed by atoms with E-state index in [1.807, 2.05) is 30.3 Å². The summed E-state index contributed by atoms with van der Waals surface area (Å²) in [6.07, 6.45) is 0. The van der Waals surface area contributed by atoms with Crippen molar-refractivity contribution < 1.29 is 17.9 Å². The SMILES string of the molecule is COc1ccc2ccc(Br)cc2n1.COc1ccc2ccc(S(=O)(=O)Cl)cc2n1. The number of ether oxygens (including phenoxy) is 2. The lowest BCUT2D eigenvalue weighted by Crippen LogP contribution is -1.92. The van der Waals surface area contributed by atoms with E-state index in [1.54, 1.807) is 25.3 Å². The summed E-state index contributed by atoms with van der Waals surface area (Å²) >= 11 is 3.40. The van der Waals surface area contributed by atoms with Crippen LogP contribution in [0.5, 0.6) is 11.8 Å². The number of halogens is 2. The first-order valence-corrected chi connectivity index (χ1v) is 11.4. The van der Waals surface area contributed by atoms with E-state index in [9.17, 15) is 8.42 Å². The van der Waals surface area contributed by atoms with Gasteiger partial charge in [0.2, 0.25) is 11.8 Å². The number of pyridine rings is 2. The molecule has 0 fully saturated rings. The van der Waals surface area contributed by atoms with E-state index in [4.69, 9.17) is 20.2 Å². The molecule has 2 heterocycles. The van der Waals surface area contributed by atoms with Crippen LogP contribution in [0, 0.1) is 0 Å². The Labute approximate surface area is 181 Å². The minimum absolute atomic E-state index is 0.0300. The number of rotatable bonds is 3. The summed E-state index contributed by atoms with van der Waals surface area (Å²) in [5.41, 5.74) is 1.47. The first kappa shape index (κ1) is 21.3. The summed E-state index contributed by atoms with van der Waals surface area (Å²) in [5, 5.41) is 1.94. The monoisotopic (exact) mass is 494 g/mol. The van der Waals surface area contributed by atoms with Gasteiger partial charge in [-0.1, -0.05) is 28.1 Å². The van der Waals surface area contributed by atoms with Gasteiger partial charge in [-0.15, -0.1) is 0 Å². The average Bonchev–Trinajstić information content (AvgIpc) is 2.72. The lowest BCUT2D eigenvalue weighted by Gasteiger charge is -2.02. The van der Waals surface area contributed by atoms with E-state index in [2.05, 4.69) is 25.9 Å². The lowest BCUT2D eigenvalue weighted by molar-refractivity contribution is 0.399. The van der Waals surface area contributed by atoms with Crippen molar-refractivity contribution in [3.63, 3.8) is 0 Å². The Bertz CT molecular complexity index is 1280. The summed E-state index contributed by atoms with van der Waals surface area (Å²) < 4.78 is 33.3. The fraction of sp³-hybridized carbons (Fsp3) is 0.100. The Balaban J connectivity index is 0.000000169. The van der Waals surface area contributed by atoms with E-state index < -0.39 is 9.05 Å². The molecule has 0 atom stereocenters. The first-order chi connectivity index (χ1) is 13.8. The van der Waals surface area contributed by atoms with Gasteiger partial charge in [0.05, 0.1) is 30.1 Å². The molecule has 0 amide bonds. The number of aromatic nitrogens is 2. The van der Waals surface area contributed by atoms with Crippen molar-refractivity contribution in [3.05, 3.63) is 65.1 Å². The molecule has 0 aliphatic rings. The van der Waals surface area contributed by atoms with E-state index in [-0.39, 0.29) is 4.90 Å². The number of hydrogen-bond acceptors (Lipinski definition) is 6. The predicted molar refractivity (Wildman–Crippen MR) is 117 cm³/mol. The van der Waals surface area contributed by atoms with Gasteiger partial charge in [0.25, 0.3) is 9.05 Å². The van der Waals surface area contributed by atoms with Crippen LogP contribution in [0.15, 0.2) is 70.0 Å². The molecule has 0 radical (unpaired) electrons. The van der Waals surface area contributed by atoms with Crippen LogP contribution in [-0.2, 0) is 9.05 Å². The van der Waals surface area contributed by atoms with Gasteiger partial charge in [-0.05, 0) is 36.4 Å². The van der Waals surface area contributed by atoms with Gasteiger partial charge < -0.3 is 9.47 Å². The highest BCUT2D eigenvalue weighted by Crippen LogP contribution is 2.22. The van der Waals surface area contributed by atoms with Crippen molar-refractivity contribution >= 4 is 57.5 Å². The standard InChI is InChI=1S/C10H8BrNO.C10H8ClNO3S/c1-13-10-5-3-7-2-4-8(11)6-9(7)12-10;1-15-10-5-3-7-2-4-8(16(11,13)14)6-9(7)12-10/h2-6H,1H3;2-6H,1H3. The van der Waals surface area contributed by atoms with Crippen molar-refractivity contribution in [2.24, 2.45) is 0 Å². The number of nitrogens with zero attached hydrogens (tertiary/aromatic N) is 2. The lowest BCUT2D eigenvalue weighted by atomic mass is 10.2. The predicted octanol–water partition coefficient (Wildman–Crippen LogP) is 5.18. The summed E-state index contributed by atoms with van der Waals surface area (Å²) in [4.78, 5) is 8.45. The molecule has 2 aromatic carbocycles. The Morgan fingerprint density at radius 2 is 1.28 bits per heavy atom. The maximum atomic E-state index is 11.1. The topological polar surface area (TPSA) is 78.4 Å². The van der Waals surface area contributed by atoms with Gasteiger partial charge in [-0.2, -0.15) is 0 Å². The van der Waals surface area contributed by atoms with E-state index in [0.29, 0.717) is 17.3 Å². The second-order valence-corrected chi connectivity index (χ2v) is 9.32. The van der Waals surface area contributed by atoms with Gasteiger partial charge in [-0.25, -0.2) is 18.4 Å². The van der Waals surface area contributed by atoms with Crippen LogP contribution in [0.4, 0.5) is 0 Å². The smallest absolute Gasteiger partial charge is 0.261 e. The van der Waals surface area contributed by atoms with Crippen LogP contribution in [0.2, 0.25) is 0 Å². The van der Waals surface area contributed by atoms with Gasteiger partial charge in [0.15, 0.2) is 0 Å². The zero-order valence-corrected chi connectivity index (χ0v) is 18.6. The second kappa shape index (κ2) is 8.94. The molecule has 0 bridgehead atoms. The zero-order valence-electron chi connectivity index (χ0n) is 15.5. The number of fused-ring (bicyclic) bond motifs is 2. The van der Waals surface area contributed by atoms with Crippen LogP contribution < -0.4 is 9.47 Å². The van der Waals surface area contributed by atoms with Crippen molar-refractivity contribution in [3.8, 4) is 11.8 Å². The second-order valence-electron chi connectivity index (χ2n) is 5.84. The molecule has 0 saturated carbocycles. The Kier molecular flexibility index (Phi) is 6.56. The van der Waals surface area contributed by atoms with Gasteiger partial charge in [0, 0.05) is 38.1 Å². The van der Waals surface area contributed by atoms with Crippen LogP contribution >= 0.6 is 26.6 Å². The van der Waals surface area contributed by atoms with Gasteiger partial charge in [0.1, 0.15) is 0 Å². The molecular formula is C20H16BrClN2O4S. The number of benzene rings is 2. The quantitative estimate of drug-likeness (QED) is 0.365. The van der Waals surface area contributed by atoms with E-state index in [1.165, 1.54) is 19.2 Å². The van der Waals surface area contributed by atoms with Crippen molar-refractivity contribution in [2.75, 3.05) is 14.2 Å². The van der Waals surface area contributed by atoms with Crippen molar-refractivity contribution in [2.45, 2.75) is 4.90 Å². The summed E-state index contributed by atoms with van der Waals surface area (Å²) in [5.74, 6) is 1.07. The molecule has 6 nitrogen and oxygen atoms in total. The van der Waals surface area contributed by atoms with Crippen molar-refractivity contribution in [1.82, 2.24) is 9.97 Å². The van der Waals surface area contributed by atoms with E-state index >= 15 is 0 Å². The molecule has 0 saturated heterocycles. The highest BCUT2D eigenvalue weighted by atomic mass is 79.9. The highest BCUT2D eigenvalue weighted by Gasteiger charge is 2.10. The van der Waals surface area contributed by atoms with Crippen LogP contribution in [-0.4, -0.2) is 32.6 Å². The third kappa shape index (κ3) is 5.35. The minimum atomic E-state index is -3.72. The Hall–Kier alpha value is -2.42. The zero-order chi connectivity index (χ0) is 21.0. The van der Waals surface area contributed by atoms with Crippen LogP contribution in [0.25, 0.3) is 21.8 Å². The molecular weight excluding hydrogens is 480 g/mol. The molecule has 0 spiro atoms. The molecule has 9 heteroatoms. The molecule has 2 aromatic heterocycles. The summed E-state index contributed by atoms with van der Waals surface area (Å²) in [6, 6.07) is 17.9. The fourth-order valence-corrected chi connectivity index (χ4v) is 3.65. The van der Waals surface area contributed by atoms with Gasteiger partial charge in [-0.3, -0.25) is 0 Å². The number of hydrogen-bond donors (Lipinski definition) is 0. The molecule has 4 aromatic rings. The minimum Gasteiger partial charge on any atom is -0.481 e. The molecule has 29 heavy (non-hydrogen) atoms. The van der Waals surface area contributed by atoms with Crippen LogP contribution in [0.3, 0.4) is 0 Å². The average molecular weight is 496 g/mol. The maximum Gasteiger partial charge on any atom is 0.261 e. The molecule has 4 rings (SSSR count). The highest BCUT2D eigenvalue weighted by molar-refractivity contribution is 9.10. The van der Waals surface area contributed by atoms with Gasteiger partial charge >= 0.3 is 0 Å². The fourth-order valence-electron chi connectivity index (χ4n) is 2.53. The third-order valence-corrected chi connectivity index (χ3v) is 5.81. The Morgan fingerprint density at radius 1 is 0.793 bits per heavy atom.